The number of hydrogen-bond acceptors (Lipinski definition) is 3. The van der Waals surface area contributed by atoms with Crippen LogP contribution in [0.25, 0.3) is 0 Å². The normalized spacial score (nSPS) is 30.5. The third-order valence-electron chi connectivity index (χ3n) is 4.22. The predicted molar refractivity (Wildman–Crippen MR) is 71.6 cm³/mol. The fourth-order valence-corrected chi connectivity index (χ4v) is 4.01. The number of likely N-dealkylation sites (tertiary alicyclic amines) is 1. The Kier molecular flexibility index (Phi) is 4.20. The smallest absolute Gasteiger partial charge is 0.311 e. The number of carboxylic acids is 1. The van der Waals surface area contributed by atoms with E-state index < -0.39 is 11.4 Å². The number of thioether (sulfide) groups is 1. The molecule has 2 rings (SSSR count). The number of carbonyl (C=O) groups is 2. The SMILES string of the molecule is CCCSCC(=O)N1C[C@@H]2CCC[C@@]2(C(=O)O)C1. The van der Waals surface area contributed by atoms with Gasteiger partial charge in [0.15, 0.2) is 0 Å². The molecule has 2 atom stereocenters. The van der Waals surface area contributed by atoms with Crippen LogP contribution in [0.4, 0.5) is 0 Å². The molecule has 2 aliphatic rings. The monoisotopic (exact) mass is 271 g/mol. The molecule has 1 saturated heterocycles. The first kappa shape index (κ1) is 13.7. The van der Waals surface area contributed by atoms with E-state index in [9.17, 15) is 14.7 Å². The van der Waals surface area contributed by atoms with Crippen molar-refractivity contribution >= 4 is 23.6 Å². The average Bonchev–Trinajstić information content (AvgIpc) is 2.85. The molecule has 1 N–H and O–H groups in total. The second-order valence-corrected chi connectivity index (χ2v) is 6.48. The third kappa shape index (κ3) is 2.37. The molecule has 1 amide bonds. The van der Waals surface area contributed by atoms with Gasteiger partial charge in [0.1, 0.15) is 0 Å². The average molecular weight is 271 g/mol. The zero-order chi connectivity index (χ0) is 13.2. The van der Waals surface area contributed by atoms with Gasteiger partial charge >= 0.3 is 5.97 Å². The van der Waals surface area contributed by atoms with Crippen LogP contribution >= 0.6 is 11.8 Å². The summed E-state index contributed by atoms with van der Waals surface area (Å²) in [5, 5.41) is 9.44. The van der Waals surface area contributed by atoms with Gasteiger partial charge in [-0.05, 0) is 30.9 Å². The Morgan fingerprint density at radius 2 is 2.28 bits per heavy atom. The van der Waals surface area contributed by atoms with Gasteiger partial charge < -0.3 is 10.0 Å². The van der Waals surface area contributed by atoms with Crippen molar-refractivity contribution < 1.29 is 14.7 Å². The van der Waals surface area contributed by atoms with E-state index in [0.717, 1.165) is 31.4 Å². The van der Waals surface area contributed by atoms with Crippen LogP contribution in [0.1, 0.15) is 32.6 Å². The van der Waals surface area contributed by atoms with Gasteiger partial charge in [-0.25, -0.2) is 0 Å². The van der Waals surface area contributed by atoms with E-state index in [1.807, 2.05) is 0 Å². The van der Waals surface area contributed by atoms with Crippen LogP contribution in [0, 0.1) is 11.3 Å². The summed E-state index contributed by atoms with van der Waals surface area (Å²) in [4.78, 5) is 25.3. The Bertz CT molecular complexity index is 347. The van der Waals surface area contributed by atoms with Gasteiger partial charge in [0.25, 0.3) is 0 Å². The quantitative estimate of drug-likeness (QED) is 0.775. The Morgan fingerprint density at radius 3 is 2.89 bits per heavy atom. The van der Waals surface area contributed by atoms with E-state index >= 15 is 0 Å². The highest BCUT2D eigenvalue weighted by Crippen LogP contribution is 2.48. The van der Waals surface area contributed by atoms with Gasteiger partial charge in [-0.15, -0.1) is 0 Å². The second-order valence-electron chi connectivity index (χ2n) is 5.38. The lowest BCUT2D eigenvalue weighted by molar-refractivity contribution is -0.149. The van der Waals surface area contributed by atoms with Gasteiger partial charge in [0.2, 0.25) is 5.91 Å². The zero-order valence-corrected chi connectivity index (χ0v) is 11.7. The largest absolute Gasteiger partial charge is 0.481 e. The number of nitrogens with zero attached hydrogens (tertiary/aromatic N) is 1. The molecular formula is C13H21NO3S. The summed E-state index contributed by atoms with van der Waals surface area (Å²) >= 11 is 1.64. The summed E-state index contributed by atoms with van der Waals surface area (Å²) in [5.41, 5.74) is -0.634. The van der Waals surface area contributed by atoms with Gasteiger partial charge in [-0.3, -0.25) is 9.59 Å². The molecule has 2 fully saturated rings. The Labute approximate surface area is 112 Å². The van der Waals surface area contributed by atoms with Crippen LogP contribution in [0.2, 0.25) is 0 Å². The van der Waals surface area contributed by atoms with Crippen molar-refractivity contribution in [3.05, 3.63) is 0 Å². The maximum absolute atomic E-state index is 12.0. The molecule has 5 heteroatoms. The highest BCUT2D eigenvalue weighted by Gasteiger charge is 2.55. The fraction of sp³-hybridized carbons (Fsp3) is 0.846. The molecule has 1 saturated carbocycles. The lowest BCUT2D eigenvalue weighted by Gasteiger charge is -2.23. The molecule has 0 aromatic rings. The highest BCUT2D eigenvalue weighted by molar-refractivity contribution is 7.99. The van der Waals surface area contributed by atoms with Gasteiger partial charge in [-0.1, -0.05) is 13.3 Å². The van der Waals surface area contributed by atoms with Crippen molar-refractivity contribution in [2.24, 2.45) is 11.3 Å². The van der Waals surface area contributed by atoms with Gasteiger partial charge in [0.05, 0.1) is 11.2 Å². The number of rotatable bonds is 5. The summed E-state index contributed by atoms with van der Waals surface area (Å²) in [7, 11) is 0. The first-order chi connectivity index (χ1) is 8.60. The van der Waals surface area contributed by atoms with Crippen LogP contribution < -0.4 is 0 Å². The number of aliphatic carboxylic acids is 1. The molecule has 102 valence electrons. The number of hydrogen-bond donors (Lipinski definition) is 1. The first-order valence-corrected chi connectivity index (χ1v) is 7.84. The standard InChI is InChI=1S/C13H21NO3S/c1-2-6-18-8-11(15)14-7-10-4-3-5-13(10,9-14)12(16)17/h10H,2-9H2,1H3,(H,16,17)/t10-,13+/m0/s1. The topological polar surface area (TPSA) is 57.6 Å². The van der Waals surface area contributed by atoms with Gasteiger partial charge in [0, 0.05) is 13.1 Å². The molecule has 0 spiro atoms. The number of amides is 1. The van der Waals surface area contributed by atoms with Crippen molar-refractivity contribution in [1.29, 1.82) is 0 Å². The number of carboxylic acid groups (broad SMARTS) is 1. The number of fused-ring (bicyclic) bond motifs is 1. The van der Waals surface area contributed by atoms with Gasteiger partial charge in [-0.2, -0.15) is 11.8 Å². The van der Waals surface area contributed by atoms with Crippen molar-refractivity contribution in [3.8, 4) is 0 Å². The van der Waals surface area contributed by atoms with Crippen molar-refractivity contribution in [1.82, 2.24) is 4.90 Å². The lowest BCUT2D eigenvalue weighted by atomic mass is 9.81. The molecular weight excluding hydrogens is 250 g/mol. The van der Waals surface area contributed by atoms with Crippen molar-refractivity contribution in [2.75, 3.05) is 24.6 Å². The molecule has 0 radical (unpaired) electrons. The highest BCUT2D eigenvalue weighted by atomic mass is 32.2. The Hall–Kier alpha value is -0.710. The first-order valence-electron chi connectivity index (χ1n) is 6.69. The molecule has 1 aliphatic heterocycles. The minimum absolute atomic E-state index is 0.114. The molecule has 1 aliphatic carbocycles. The van der Waals surface area contributed by atoms with Crippen molar-refractivity contribution in [3.63, 3.8) is 0 Å². The summed E-state index contributed by atoms with van der Waals surface area (Å²) < 4.78 is 0. The molecule has 0 aromatic heterocycles. The maximum atomic E-state index is 12.0. The second kappa shape index (κ2) is 5.51. The summed E-state index contributed by atoms with van der Waals surface area (Å²) in [6, 6.07) is 0. The minimum atomic E-state index is -0.707. The van der Waals surface area contributed by atoms with E-state index in [1.165, 1.54) is 0 Å². The van der Waals surface area contributed by atoms with E-state index in [2.05, 4.69) is 6.92 Å². The summed E-state index contributed by atoms with van der Waals surface area (Å²) in [6.45, 7) is 3.17. The van der Waals surface area contributed by atoms with E-state index in [1.54, 1.807) is 16.7 Å². The molecule has 1 heterocycles. The Morgan fingerprint density at radius 1 is 1.50 bits per heavy atom. The molecule has 0 unspecified atom stereocenters. The third-order valence-corrected chi connectivity index (χ3v) is 5.37. The fourth-order valence-electron chi connectivity index (χ4n) is 3.22. The van der Waals surface area contributed by atoms with E-state index in [-0.39, 0.29) is 11.8 Å². The van der Waals surface area contributed by atoms with Crippen LogP contribution in [-0.2, 0) is 9.59 Å². The number of carbonyl (C=O) groups excluding carboxylic acids is 1. The lowest BCUT2D eigenvalue weighted by Crippen LogP contribution is -2.37. The van der Waals surface area contributed by atoms with Crippen LogP contribution in [-0.4, -0.2) is 46.5 Å². The molecule has 18 heavy (non-hydrogen) atoms. The van der Waals surface area contributed by atoms with Crippen molar-refractivity contribution in [2.45, 2.75) is 32.6 Å². The predicted octanol–water partition coefficient (Wildman–Crippen LogP) is 1.84. The maximum Gasteiger partial charge on any atom is 0.311 e. The van der Waals surface area contributed by atoms with E-state index in [0.29, 0.717) is 18.8 Å². The summed E-state index contributed by atoms with van der Waals surface area (Å²) in [5.74, 6) is 1.07. The van der Waals surface area contributed by atoms with Crippen LogP contribution in [0.3, 0.4) is 0 Å². The van der Waals surface area contributed by atoms with Crippen LogP contribution in [0.15, 0.2) is 0 Å². The molecule has 0 aromatic carbocycles. The minimum Gasteiger partial charge on any atom is -0.481 e. The van der Waals surface area contributed by atoms with Crippen LogP contribution in [0.5, 0.6) is 0 Å². The molecule has 0 bridgehead atoms. The summed E-state index contributed by atoms with van der Waals surface area (Å²) in [6.07, 6.45) is 3.75. The van der Waals surface area contributed by atoms with E-state index in [4.69, 9.17) is 0 Å². The zero-order valence-electron chi connectivity index (χ0n) is 10.9. The molecule has 4 nitrogen and oxygen atoms in total. The Balaban J connectivity index is 1.95.